The van der Waals surface area contributed by atoms with Gasteiger partial charge in [0, 0.05) is 30.5 Å². The van der Waals surface area contributed by atoms with Gasteiger partial charge in [0.05, 0.1) is 5.75 Å². The molecule has 25 heavy (non-hydrogen) atoms. The molecule has 1 aliphatic carbocycles. The molecule has 2 aromatic heterocycles. The highest BCUT2D eigenvalue weighted by Crippen LogP contribution is 2.25. The Hall–Kier alpha value is -1.89. The van der Waals surface area contributed by atoms with Gasteiger partial charge < -0.3 is 9.88 Å². The zero-order valence-corrected chi connectivity index (χ0v) is 15.6. The van der Waals surface area contributed by atoms with Gasteiger partial charge in [-0.2, -0.15) is 0 Å². The molecule has 2 atom stereocenters. The van der Waals surface area contributed by atoms with Gasteiger partial charge in [-0.05, 0) is 37.8 Å². The van der Waals surface area contributed by atoms with E-state index in [-0.39, 0.29) is 5.91 Å². The van der Waals surface area contributed by atoms with Crippen molar-refractivity contribution in [1.82, 2.24) is 25.1 Å². The molecule has 1 N–H and O–H groups in total. The lowest BCUT2D eigenvalue weighted by Crippen LogP contribution is -2.41. The van der Waals surface area contributed by atoms with Crippen molar-refractivity contribution >= 4 is 17.7 Å². The Morgan fingerprint density at radius 3 is 2.76 bits per heavy atom. The van der Waals surface area contributed by atoms with Gasteiger partial charge >= 0.3 is 0 Å². The molecule has 0 aromatic carbocycles. The predicted molar refractivity (Wildman–Crippen MR) is 99.2 cm³/mol. The van der Waals surface area contributed by atoms with Crippen molar-refractivity contribution in [3.63, 3.8) is 0 Å². The number of thioether (sulfide) groups is 1. The number of nitrogens with zero attached hydrogens (tertiary/aromatic N) is 4. The first-order chi connectivity index (χ1) is 12.2. The van der Waals surface area contributed by atoms with Crippen LogP contribution in [0.3, 0.4) is 0 Å². The van der Waals surface area contributed by atoms with Crippen LogP contribution in [0.25, 0.3) is 11.4 Å². The number of nitrogens with one attached hydrogen (secondary N) is 1. The molecule has 1 aliphatic rings. The maximum Gasteiger partial charge on any atom is 0.230 e. The second-order valence-electron chi connectivity index (χ2n) is 6.51. The smallest absolute Gasteiger partial charge is 0.230 e. The third kappa shape index (κ3) is 4.39. The van der Waals surface area contributed by atoms with Crippen LogP contribution in [0.2, 0.25) is 0 Å². The Kier molecular flexibility index (Phi) is 6.07. The highest BCUT2D eigenvalue weighted by molar-refractivity contribution is 7.99. The minimum atomic E-state index is 0.0832. The van der Waals surface area contributed by atoms with Gasteiger partial charge in [0.2, 0.25) is 5.91 Å². The average Bonchev–Trinajstić information content (AvgIpc) is 3.05. The van der Waals surface area contributed by atoms with E-state index in [2.05, 4.69) is 34.3 Å². The van der Waals surface area contributed by atoms with Gasteiger partial charge in [0.25, 0.3) is 0 Å². The van der Waals surface area contributed by atoms with E-state index in [1.807, 2.05) is 16.7 Å². The maximum atomic E-state index is 12.3. The summed E-state index contributed by atoms with van der Waals surface area (Å²) in [5, 5.41) is 12.5. The molecule has 2 unspecified atom stereocenters. The highest BCUT2D eigenvalue weighted by atomic mass is 32.2. The van der Waals surface area contributed by atoms with Crippen molar-refractivity contribution in [2.75, 3.05) is 5.75 Å². The molecule has 0 saturated heterocycles. The quantitative estimate of drug-likeness (QED) is 0.802. The van der Waals surface area contributed by atoms with Crippen molar-refractivity contribution in [1.29, 1.82) is 0 Å². The largest absolute Gasteiger partial charge is 0.352 e. The normalized spacial score (nSPS) is 20.4. The van der Waals surface area contributed by atoms with Crippen molar-refractivity contribution in [3.05, 3.63) is 24.5 Å². The summed E-state index contributed by atoms with van der Waals surface area (Å²) >= 11 is 1.45. The van der Waals surface area contributed by atoms with Crippen LogP contribution in [0.5, 0.6) is 0 Å². The van der Waals surface area contributed by atoms with Gasteiger partial charge in [-0.1, -0.05) is 31.5 Å². The number of pyridine rings is 1. The first-order valence-electron chi connectivity index (χ1n) is 8.94. The molecule has 0 spiro atoms. The van der Waals surface area contributed by atoms with Gasteiger partial charge in [-0.3, -0.25) is 9.78 Å². The first-order valence-corrected chi connectivity index (χ1v) is 9.93. The van der Waals surface area contributed by atoms with Gasteiger partial charge in [0.1, 0.15) is 0 Å². The summed E-state index contributed by atoms with van der Waals surface area (Å²) in [6, 6.07) is 4.15. The number of carbonyl (C=O) groups is 1. The molecule has 0 bridgehead atoms. The van der Waals surface area contributed by atoms with Gasteiger partial charge in [-0.15, -0.1) is 10.2 Å². The number of amides is 1. The average molecular weight is 359 g/mol. The van der Waals surface area contributed by atoms with Crippen molar-refractivity contribution < 1.29 is 4.79 Å². The molecule has 7 heteroatoms. The van der Waals surface area contributed by atoms with Crippen molar-refractivity contribution in [2.24, 2.45) is 5.92 Å². The van der Waals surface area contributed by atoms with E-state index in [9.17, 15) is 4.79 Å². The lowest BCUT2D eigenvalue weighted by atomic mass is 9.86. The molecule has 1 amide bonds. The summed E-state index contributed by atoms with van der Waals surface area (Å²) in [4.78, 5) is 16.3. The van der Waals surface area contributed by atoms with E-state index >= 15 is 0 Å². The van der Waals surface area contributed by atoms with E-state index < -0.39 is 0 Å². The van der Waals surface area contributed by atoms with E-state index in [1.165, 1.54) is 31.0 Å². The molecule has 2 heterocycles. The fraction of sp³-hybridized carbons (Fsp3) is 0.556. The van der Waals surface area contributed by atoms with Crippen LogP contribution in [-0.2, 0) is 11.3 Å². The first kappa shape index (κ1) is 17.9. The van der Waals surface area contributed by atoms with Crippen LogP contribution >= 0.6 is 11.8 Å². The van der Waals surface area contributed by atoms with Crippen LogP contribution in [0.1, 0.15) is 39.5 Å². The Bertz CT molecular complexity index is 703. The second-order valence-corrected chi connectivity index (χ2v) is 7.45. The molecular formula is C18H25N5OS. The summed E-state index contributed by atoms with van der Waals surface area (Å²) in [5.74, 6) is 1.84. The fourth-order valence-corrected chi connectivity index (χ4v) is 4.12. The third-order valence-electron chi connectivity index (χ3n) is 4.76. The minimum Gasteiger partial charge on any atom is -0.352 e. The zero-order valence-electron chi connectivity index (χ0n) is 14.8. The summed E-state index contributed by atoms with van der Waals surface area (Å²) in [7, 11) is 0. The third-order valence-corrected chi connectivity index (χ3v) is 5.73. The number of rotatable bonds is 6. The highest BCUT2D eigenvalue weighted by Gasteiger charge is 2.23. The molecular weight excluding hydrogens is 334 g/mol. The Labute approximate surface area is 152 Å². The SMILES string of the molecule is CCn1c(SCC(=O)NC2CCCCC2C)nnc1-c1ccncc1. The summed E-state index contributed by atoms with van der Waals surface area (Å²) in [6.45, 7) is 5.04. The van der Waals surface area contributed by atoms with Crippen LogP contribution in [-0.4, -0.2) is 37.5 Å². The van der Waals surface area contributed by atoms with Crippen LogP contribution in [0.4, 0.5) is 0 Å². The maximum absolute atomic E-state index is 12.3. The lowest BCUT2D eigenvalue weighted by molar-refractivity contribution is -0.119. The molecule has 2 aromatic rings. The van der Waals surface area contributed by atoms with Crippen LogP contribution < -0.4 is 5.32 Å². The summed E-state index contributed by atoms with van der Waals surface area (Å²) in [5.41, 5.74) is 0.983. The second kappa shape index (κ2) is 8.47. The number of aromatic nitrogens is 4. The Balaban J connectivity index is 1.61. The Morgan fingerprint density at radius 1 is 1.28 bits per heavy atom. The molecule has 0 aliphatic heterocycles. The van der Waals surface area contributed by atoms with E-state index in [4.69, 9.17) is 0 Å². The van der Waals surface area contributed by atoms with Gasteiger partial charge in [-0.25, -0.2) is 0 Å². The molecule has 0 radical (unpaired) electrons. The number of hydrogen-bond donors (Lipinski definition) is 1. The monoisotopic (exact) mass is 359 g/mol. The standard InChI is InChI=1S/C18H25N5OS/c1-3-23-17(14-8-10-19-11-9-14)21-22-18(23)25-12-16(24)20-15-7-5-4-6-13(15)2/h8-11,13,15H,3-7,12H2,1-2H3,(H,20,24). The molecule has 6 nitrogen and oxygen atoms in total. The Morgan fingerprint density at radius 2 is 2.04 bits per heavy atom. The minimum absolute atomic E-state index is 0.0832. The van der Waals surface area contributed by atoms with E-state index in [0.29, 0.717) is 17.7 Å². The van der Waals surface area contributed by atoms with Crippen LogP contribution in [0, 0.1) is 5.92 Å². The van der Waals surface area contributed by atoms with E-state index in [0.717, 1.165) is 29.5 Å². The topological polar surface area (TPSA) is 72.7 Å². The van der Waals surface area contributed by atoms with E-state index in [1.54, 1.807) is 12.4 Å². The van der Waals surface area contributed by atoms with Crippen LogP contribution in [0.15, 0.2) is 29.7 Å². The van der Waals surface area contributed by atoms with Crippen molar-refractivity contribution in [2.45, 2.75) is 57.3 Å². The number of hydrogen-bond acceptors (Lipinski definition) is 5. The number of carbonyl (C=O) groups excluding carboxylic acids is 1. The molecule has 3 rings (SSSR count). The van der Waals surface area contributed by atoms with Gasteiger partial charge in [0.15, 0.2) is 11.0 Å². The summed E-state index contributed by atoms with van der Waals surface area (Å²) < 4.78 is 2.04. The predicted octanol–water partition coefficient (Wildman–Crippen LogP) is 3.15. The van der Waals surface area contributed by atoms with Crippen molar-refractivity contribution in [3.8, 4) is 11.4 Å². The molecule has 134 valence electrons. The summed E-state index contributed by atoms with van der Waals surface area (Å²) in [6.07, 6.45) is 8.28. The zero-order chi connectivity index (χ0) is 17.6. The molecule has 1 fully saturated rings. The lowest BCUT2D eigenvalue weighted by Gasteiger charge is -2.29. The fourth-order valence-electron chi connectivity index (χ4n) is 3.30. The molecule has 1 saturated carbocycles.